The minimum atomic E-state index is 0.764. The average Bonchev–Trinajstić information content (AvgIpc) is 3.15. The van der Waals surface area contributed by atoms with Crippen molar-refractivity contribution in [1.29, 1.82) is 0 Å². The number of hydrogen-bond acceptors (Lipinski definition) is 1. The number of alkyl halides is 1. The average molecular weight is 317 g/mol. The zero-order chi connectivity index (χ0) is 12.3. The minimum Gasteiger partial charge on any atom is -0.368 e. The van der Waals surface area contributed by atoms with Crippen LogP contribution in [-0.2, 0) is 5.33 Å². The van der Waals surface area contributed by atoms with Gasteiger partial charge in [0.2, 0.25) is 0 Å². The second-order valence-corrected chi connectivity index (χ2v) is 5.68. The van der Waals surface area contributed by atoms with Gasteiger partial charge in [-0.05, 0) is 43.0 Å². The van der Waals surface area contributed by atoms with Gasteiger partial charge in [-0.2, -0.15) is 0 Å². The Morgan fingerprint density at radius 1 is 1.41 bits per heavy atom. The van der Waals surface area contributed by atoms with E-state index in [-0.39, 0.29) is 0 Å². The van der Waals surface area contributed by atoms with Crippen molar-refractivity contribution in [3.8, 4) is 0 Å². The Balaban J connectivity index is 2.21. The van der Waals surface area contributed by atoms with Crippen molar-refractivity contribution in [3.05, 3.63) is 28.8 Å². The van der Waals surface area contributed by atoms with Crippen LogP contribution >= 0.6 is 27.5 Å². The van der Waals surface area contributed by atoms with Gasteiger partial charge in [0.05, 0.1) is 0 Å². The monoisotopic (exact) mass is 315 g/mol. The van der Waals surface area contributed by atoms with E-state index in [1.165, 1.54) is 43.5 Å². The van der Waals surface area contributed by atoms with E-state index in [4.69, 9.17) is 11.6 Å². The molecular formula is C14H19BrClN. The van der Waals surface area contributed by atoms with Gasteiger partial charge >= 0.3 is 0 Å². The highest BCUT2D eigenvalue weighted by Gasteiger charge is 2.29. The molecule has 0 unspecified atom stereocenters. The molecule has 0 saturated heterocycles. The summed E-state index contributed by atoms with van der Waals surface area (Å²) in [6.45, 7) is 3.42. The predicted octanol–water partition coefficient (Wildman–Crippen LogP) is 5.00. The van der Waals surface area contributed by atoms with E-state index in [2.05, 4.69) is 39.9 Å². The summed E-state index contributed by atoms with van der Waals surface area (Å²) >= 11 is 9.62. The molecule has 17 heavy (non-hydrogen) atoms. The normalized spacial score (nSPS) is 15.0. The summed E-state index contributed by atoms with van der Waals surface area (Å²) in [5.74, 6) is 0. The molecule has 1 saturated carbocycles. The number of benzene rings is 1. The van der Waals surface area contributed by atoms with Gasteiger partial charge in [-0.15, -0.1) is 0 Å². The maximum atomic E-state index is 6.06. The minimum absolute atomic E-state index is 0.764. The Morgan fingerprint density at radius 2 is 2.18 bits per heavy atom. The molecule has 3 heteroatoms. The molecule has 0 bridgehead atoms. The first-order chi connectivity index (χ1) is 8.26. The summed E-state index contributed by atoms with van der Waals surface area (Å²) in [6.07, 6.45) is 5.20. The molecule has 0 amide bonds. The molecule has 0 aliphatic heterocycles. The molecule has 2 rings (SSSR count). The standard InChI is InChI=1S/C14H19BrClN/c1-2-3-8-17(13-5-6-13)14-7-4-12(16)9-11(14)10-15/h4,7,9,13H,2-3,5-6,8,10H2,1H3. The van der Waals surface area contributed by atoms with Crippen LogP contribution < -0.4 is 4.90 Å². The first-order valence-electron chi connectivity index (χ1n) is 6.37. The summed E-state index contributed by atoms with van der Waals surface area (Å²) in [5.41, 5.74) is 2.67. The van der Waals surface area contributed by atoms with Crippen molar-refractivity contribution < 1.29 is 0 Å². The van der Waals surface area contributed by atoms with Crippen molar-refractivity contribution in [1.82, 2.24) is 0 Å². The van der Waals surface area contributed by atoms with E-state index in [0.717, 1.165) is 16.4 Å². The van der Waals surface area contributed by atoms with Gasteiger partial charge in [-0.1, -0.05) is 40.9 Å². The summed E-state index contributed by atoms with van der Waals surface area (Å²) in [4.78, 5) is 2.57. The molecule has 1 aliphatic rings. The SMILES string of the molecule is CCCCN(c1ccc(Cl)cc1CBr)C1CC1. The van der Waals surface area contributed by atoms with Crippen molar-refractivity contribution >= 4 is 33.2 Å². The molecule has 0 atom stereocenters. The number of nitrogens with zero attached hydrogens (tertiary/aromatic N) is 1. The van der Waals surface area contributed by atoms with Gasteiger partial charge in [0.15, 0.2) is 0 Å². The fourth-order valence-corrected chi connectivity index (χ4v) is 2.80. The van der Waals surface area contributed by atoms with Crippen LogP contribution in [0.4, 0.5) is 5.69 Å². The van der Waals surface area contributed by atoms with Gasteiger partial charge in [0.1, 0.15) is 0 Å². The maximum Gasteiger partial charge on any atom is 0.0410 e. The van der Waals surface area contributed by atoms with Crippen LogP contribution in [0.5, 0.6) is 0 Å². The lowest BCUT2D eigenvalue weighted by atomic mass is 10.1. The number of anilines is 1. The molecule has 1 aromatic carbocycles. The van der Waals surface area contributed by atoms with E-state index in [1.807, 2.05) is 6.07 Å². The molecule has 94 valence electrons. The molecule has 1 aliphatic carbocycles. The molecule has 1 nitrogen and oxygen atoms in total. The highest BCUT2D eigenvalue weighted by atomic mass is 79.9. The van der Waals surface area contributed by atoms with Crippen LogP contribution in [0.2, 0.25) is 5.02 Å². The topological polar surface area (TPSA) is 3.24 Å². The van der Waals surface area contributed by atoms with E-state index in [9.17, 15) is 0 Å². The van der Waals surface area contributed by atoms with Crippen LogP contribution in [0.25, 0.3) is 0 Å². The smallest absolute Gasteiger partial charge is 0.0410 e. The van der Waals surface area contributed by atoms with Crippen molar-refractivity contribution in [2.75, 3.05) is 11.4 Å². The Kier molecular flexibility index (Phi) is 4.75. The fraction of sp³-hybridized carbons (Fsp3) is 0.571. The van der Waals surface area contributed by atoms with Gasteiger partial charge in [-0.25, -0.2) is 0 Å². The second kappa shape index (κ2) is 6.10. The third-order valence-corrected chi connectivity index (χ3v) is 4.07. The van der Waals surface area contributed by atoms with Gasteiger partial charge in [0.25, 0.3) is 0 Å². The zero-order valence-corrected chi connectivity index (χ0v) is 12.6. The Morgan fingerprint density at radius 3 is 2.76 bits per heavy atom. The van der Waals surface area contributed by atoms with E-state index >= 15 is 0 Å². The lowest BCUT2D eigenvalue weighted by Gasteiger charge is -2.27. The van der Waals surface area contributed by atoms with Crippen LogP contribution in [0.1, 0.15) is 38.2 Å². The van der Waals surface area contributed by atoms with Gasteiger partial charge < -0.3 is 4.90 Å². The molecule has 0 heterocycles. The van der Waals surface area contributed by atoms with Crippen molar-refractivity contribution in [2.24, 2.45) is 0 Å². The second-order valence-electron chi connectivity index (χ2n) is 4.68. The predicted molar refractivity (Wildman–Crippen MR) is 79.4 cm³/mol. The van der Waals surface area contributed by atoms with Crippen LogP contribution in [0.15, 0.2) is 18.2 Å². The maximum absolute atomic E-state index is 6.06. The molecule has 0 spiro atoms. The van der Waals surface area contributed by atoms with E-state index in [0.29, 0.717) is 0 Å². The zero-order valence-electron chi connectivity index (χ0n) is 10.3. The Labute approximate surface area is 117 Å². The highest BCUT2D eigenvalue weighted by Crippen LogP contribution is 2.35. The first-order valence-corrected chi connectivity index (χ1v) is 7.87. The fourth-order valence-electron chi connectivity index (χ4n) is 2.16. The quantitative estimate of drug-likeness (QED) is 0.667. The Bertz CT molecular complexity index is 376. The molecule has 0 N–H and O–H groups in total. The highest BCUT2D eigenvalue weighted by molar-refractivity contribution is 9.08. The number of hydrogen-bond donors (Lipinski definition) is 0. The van der Waals surface area contributed by atoms with Gasteiger partial charge in [0, 0.05) is 28.6 Å². The third-order valence-electron chi connectivity index (χ3n) is 3.24. The largest absolute Gasteiger partial charge is 0.368 e. The molecule has 1 aromatic rings. The lowest BCUT2D eigenvalue weighted by molar-refractivity contribution is 0.711. The van der Waals surface area contributed by atoms with Crippen molar-refractivity contribution in [2.45, 2.75) is 44.0 Å². The lowest BCUT2D eigenvalue weighted by Crippen LogP contribution is -2.27. The summed E-state index contributed by atoms with van der Waals surface area (Å²) < 4.78 is 0. The molecular weight excluding hydrogens is 298 g/mol. The summed E-state index contributed by atoms with van der Waals surface area (Å²) in [6, 6.07) is 7.02. The van der Waals surface area contributed by atoms with Crippen LogP contribution in [0.3, 0.4) is 0 Å². The van der Waals surface area contributed by atoms with Crippen molar-refractivity contribution in [3.63, 3.8) is 0 Å². The van der Waals surface area contributed by atoms with Crippen LogP contribution in [-0.4, -0.2) is 12.6 Å². The summed E-state index contributed by atoms with van der Waals surface area (Å²) in [5, 5.41) is 1.70. The van der Waals surface area contributed by atoms with E-state index < -0.39 is 0 Å². The number of rotatable bonds is 6. The van der Waals surface area contributed by atoms with Crippen LogP contribution in [0, 0.1) is 0 Å². The molecule has 1 fully saturated rings. The molecule has 0 aromatic heterocycles. The van der Waals surface area contributed by atoms with E-state index in [1.54, 1.807) is 0 Å². The first kappa shape index (κ1) is 13.2. The Hall–Kier alpha value is -0.210. The molecule has 0 radical (unpaired) electrons. The number of unbranched alkanes of at least 4 members (excludes halogenated alkanes) is 1. The summed E-state index contributed by atoms with van der Waals surface area (Å²) in [7, 11) is 0. The third kappa shape index (κ3) is 3.38. The van der Waals surface area contributed by atoms with Gasteiger partial charge in [-0.3, -0.25) is 0 Å². The number of halogens is 2.